The van der Waals surface area contributed by atoms with E-state index < -0.39 is 10.0 Å². The molecule has 72 valence electrons. The highest BCUT2D eigenvalue weighted by Gasteiger charge is 2.17. The maximum Gasteiger partial charge on any atom is 0.128 e. The van der Waals surface area contributed by atoms with Crippen molar-refractivity contribution in [3.8, 4) is 0 Å². The molecule has 0 aromatic carbocycles. The van der Waals surface area contributed by atoms with E-state index in [1.165, 1.54) is 0 Å². The Morgan fingerprint density at radius 2 is 1.75 bits per heavy atom. The zero-order chi connectivity index (χ0) is 9.45. The Morgan fingerprint density at radius 3 is 2.08 bits per heavy atom. The van der Waals surface area contributed by atoms with Crippen LogP contribution in [0, 0.1) is 0 Å². The highest BCUT2D eigenvalue weighted by atomic mass is 32.3. The number of hydrogen-bond acceptors (Lipinski definition) is 2. The average Bonchev–Trinajstić information content (AvgIpc) is 2.14. The first kappa shape index (κ1) is 11.5. The Labute approximate surface area is 75.2 Å². The van der Waals surface area contributed by atoms with Gasteiger partial charge in [-0.05, 0) is 22.8 Å². The van der Waals surface area contributed by atoms with E-state index in [0.29, 0.717) is 5.94 Å². The lowest BCUT2D eigenvalue weighted by atomic mass is 10.9. The van der Waals surface area contributed by atoms with Crippen LogP contribution in [0.4, 0.5) is 0 Å². The van der Waals surface area contributed by atoms with Crippen LogP contribution in [0.1, 0.15) is 20.8 Å². The molecule has 0 aromatic heterocycles. The second-order valence-electron chi connectivity index (χ2n) is 2.51. The molecule has 0 atom stereocenters. The summed E-state index contributed by atoms with van der Waals surface area (Å²) in [4.78, 5) is 7.42. The molecule has 4 nitrogen and oxygen atoms in total. The van der Waals surface area contributed by atoms with Gasteiger partial charge in [0, 0.05) is 4.91 Å². The van der Waals surface area contributed by atoms with Crippen molar-refractivity contribution < 1.29 is 4.84 Å². The van der Waals surface area contributed by atoms with Crippen LogP contribution in [0.2, 0.25) is 0 Å². The van der Waals surface area contributed by atoms with E-state index in [0.717, 1.165) is 17.3 Å². The normalized spacial score (nSPS) is 11.9. The Morgan fingerprint density at radius 1 is 1.25 bits per heavy atom. The van der Waals surface area contributed by atoms with Crippen molar-refractivity contribution in [1.29, 1.82) is 0 Å². The van der Waals surface area contributed by atoms with Crippen LogP contribution >= 0.6 is 10.0 Å². The van der Waals surface area contributed by atoms with Crippen molar-refractivity contribution in [1.82, 2.24) is 0 Å². The van der Waals surface area contributed by atoms with Crippen molar-refractivity contribution >= 4 is 10.0 Å². The molecule has 0 aliphatic rings. The van der Waals surface area contributed by atoms with Gasteiger partial charge < -0.3 is 4.84 Å². The zero-order valence-corrected chi connectivity index (χ0v) is 8.80. The Bertz CT molecular complexity index is 156. The highest BCUT2D eigenvalue weighted by molar-refractivity contribution is 8.33. The number of hydrogen-bond donors (Lipinski definition) is 0. The molecule has 0 saturated heterocycles. The van der Waals surface area contributed by atoms with E-state index in [1.54, 1.807) is 0 Å². The molecule has 0 rings (SSSR count). The van der Waals surface area contributed by atoms with Crippen molar-refractivity contribution in [2.75, 3.05) is 23.2 Å². The second-order valence-corrected chi connectivity index (χ2v) is 6.93. The van der Waals surface area contributed by atoms with Gasteiger partial charge in [0.2, 0.25) is 0 Å². The summed E-state index contributed by atoms with van der Waals surface area (Å²) in [7, 11) is -0.670. The van der Waals surface area contributed by atoms with E-state index in [4.69, 9.17) is 10.4 Å². The van der Waals surface area contributed by atoms with Crippen molar-refractivity contribution in [3.63, 3.8) is 0 Å². The Hall–Kier alpha value is -0.540. The summed E-state index contributed by atoms with van der Waals surface area (Å²) in [5.74, 6) is 4.03. The van der Waals surface area contributed by atoms with Gasteiger partial charge >= 0.3 is 0 Å². The summed E-state index contributed by atoms with van der Waals surface area (Å²) in [5, 5.41) is 3.10. The SMILES string of the molecule is CCS(CC)(CC)CON=[N+]=[N-]. The third-order valence-electron chi connectivity index (χ3n) is 2.23. The minimum absolute atomic E-state index is 0.612. The summed E-state index contributed by atoms with van der Waals surface area (Å²) in [6, 6.07) is 0. The molecule has 5 heteroatoms. The fourth-order valence-electron chi connectivity index (χ4n) is 1.02. The van der Waals surface area contributed by atoms with Crippen LogP contribution in [0.5, 0.6) is 0 Å². The molecule has 0 unspecified atom stereocenters. The van der Waals surface area contributed by atoms with Gasteiger partial charge in [0.15, 0.2) is 0 Å². The van der Waals surface area contributed by atoms with Gasteiger partial charge in [-0.3, -0.25) is 0 Å². The Balaban J connectivity index is 4.00. The van der Waals surface area contributed by atoms with Crippen LogP contribution < -0.4 is 0 Å². The van der Waals surface area contributed by atoms with E-state index >= 15 is 0 Å². The van der Waals surface area contributed by atoms with E-state index in [9.17, 15) is 0 Å². The molecule has 0 aliphatic heterocycles. The van der Waals surface area contributed by atoms with E-state index in [-0.39, 0.29) is 0 Å². The summed E-state index contributed by atoms with van der Waals surface area (Å²) < 4.78 is 0. The molecular weight excluding hydrogens is 174 g/mol. The van der Waals surface area contributed by atoms with Gasteiger partial charge in [-0.15, -0.1) is 0 Å². The molecule has 0 aromatic rings. The van der Waals surface area contributed by atoms with Crippen LogP contribution in [0.3, 0.4) is 0 Å². The number of azide groups is 1. The summed E-state index contributed by atoms with van der Waals surface area (Å²) in [6.45, 7) is 6.51. The van der Waals surface area contributed by atoms with Crippen molar-refractivity contribution in [2.45, 2.75) is 20.8 Å². The van der Waals surface area contributed by atoms with Crippen LogP contribution in [-0.4, -0.2) is 23.2 Å². The molecule has 0 fully saturated rings. The topological polar surface area (TPSA) is 58.0 Å². The smallest absolute Gasteiger partial charge is 0.128 e. The quantitative estimate of drug-likeness (QED) is 0.275. The summed E-state index contributed by atoms with van der Waals surface area (Å²) in [6.07, 6.45) is 0. The predicted octanol–water partition coefficient (Wildman–Crippen LogP) is 3.05. The van der Waals surface area contributed by atoms with Gasteiger partial charge in [-0.25, -0.2) is 10.0 Å². The molecule has 0 saturated carbocycles. The molecule has 0 radical (unpaired) electrons. The van der Waals surface area contributed by atoms with Crippen LogP contribution in [0.15, 0.2) is 5.28 Å². The Kier molecular flexibility index (Phi) is 5.76. The standard InChI is InChI=1S/C7H17N3OS/c1-4-12(5-2,6-3)7-11-10-9-8/h4-7H2,1-3H3. The molecule has 0 aliphatic carbocycles. The zero-order valence-electron chi connectivity index (χ0n) is 7.99. The van der Waals surface area contributed by atoms with Gasteiger partial charge in [0.05, 0.1) is 0 Å². The fourth-order valence-corrected chi connectivity index (χ4v) is 3.02. The van der Waals surface area contributed by atoms with E-state index in [2.05, 4.69) is 31.0 Å². The average molecular weight is 191 g/mol. The molecular formula is C7H17N3OS. The molecule has 12 heavy (non-hydrogen) atoms. The molecule has 0 N–H and O–H groups in total. The fraction of sp³-hybridized carbons (Fsp3) is 1.00. The van der Waals surface area contributed by atoms with Crippen molar-refractivity contribution in [2.24, 2.45) is 5.28 Å². The van der Waals surface area contributed by atoms with Crippen LogP contribution in [0.25, 0.3) is 10.4 Å². The first-order valence-corrected chi connectivity index (χ1v) is 6.46. The third kappa shape index (κ3) is 3.24. The first-order chi connectivity index (χ1) is 5.74. The van der Waals surface area contributed by atoms with Gasteiger partial charge in [-0.2, -0.15) is 0 Å². The molecule has 0 heterocycles. The monoisotopic (exact) mass is 191 g/mol. The molecule has 0 amide bonds. The van der Waals surface area contributed by atoms with Gasteiger partial charge in [0.1, 0.15) is 11.2 Å². The van der Waals surface area contributed by atoms with Gasteiger partial charge in [0.25, 0.3) is 0 Å². The first-order valence-electron chi connectivity index (χ1n) is 4.15. The van der Waals surface area contributed by atoms with Crippen LogP contribution in [-0.2, 0) is 4.84 Å². The maximum atomic E-state index is 8.02. The predicted molar refractivity (Wildman–Crippen MR) is 54.3 cm³/mol. The molecule has 0 spiro atoms. The number of rotatable bonds is 6. The third-order valence-corrected chi connectivity index (χ3v) is 6.51. The van der Waals surface area contributed by atoms with Gasteiger partial charge in [-0.1, -0.05) is 20.8 Å². The summed E-state index contributed by atoms with van der Waals surface area (Å²) in [5.41, 5.74) is 8.02. The molecule has 0 bridgehead atoms. The lowest BCUT2D eigenvalue weighted by Gasteiger charge is -2.35. The summed E-state index contributed by atoms with van der Waals surface area (Å²) >= 11 is 0. The highest BCUT2D eigenvalue weighted by Crippen LogP contribution is 2.46. The maximum absolute atomic E-state index is 8.02. The number of nitrogens with zero attached hydrogens (tertiary/aromatic N) is 3. The largest absolute Gasteiger partial charge is 0.424 e. The van der Waals surface area contributed by atoms with Crippen molar-refractivity contribution in [3.05, 3.63) is 10.4 Å². The lowest BCUT2D eigenvalue weighted by Crippen LogP contribution is -2.13. The minimum Gasteiger partial charge on any atom is -0.424 e. The van der Waals surface area contributed by atoms with E-state index in [1.807, 2.05) is 0 Å². The minimum atomic E-state index is -0.670. The second kappa shape index (κ2) is 6.03. The lowest BCUT2D eigenvalue weighted by molar-refractivity contribution is 0.187.